The SMILES string of the molecule is O=C(Nc1ccccc1F)ON=C(C(=O)c1ccccc1)c1ccccc1. The zero-order chi connectivity index (χ0) is 19.1. The Morgan fingerprint density at radius 3 is 1.96 bits per heavy atom. The zero-order valence-corrected chi connectivity index (χ0v) is 14.1. The van der Waals surface area contributed by atoms with Gasteiger partial charge in [-0.1, -0.05) is 78.0 Å². The molecule has 0 spiro atoms. The fourth-order valence-corrected chi connectivity index (χ4v) is 2.33. The van der Waals surface area contributed by atoms with Crippen LogP contribution < -0.4 is 5.32 Å². The third kappa shape index (κ3) is 4.64. The fourth-order valence-electron chi connectivity index (χ4n) is 2.33. The number of benzene rings is 3. The Hall–Kier alpha value is -3.80. The summed E-state index contributed by atoms with van der Waals surface area (Å²) in [5, 5.41) is 5.97. The molecular weight excluding hydrogens is 347 g/mol. The Morgan fingerprint density at radius 1 is 0.778 bits per heavy atom. The molecule has 0 aliphatic heterocycles. The predicted molar refractivity (Wildman–Crippen MR) is 100 cm³/mol. The molecule has 0 aromatic heterocycles. The highest BCUT2D eigenvalue weighted by atomic mass is 19.1. The van der Waals surface area contributed by atoms with Gasteiger partial charge < -0.3 is 0 Å². The molecule has 6 heteroatoms. The summed E-state index contributed by atoms with van der Waals surface area (Å²) < 4.78 is 13.6. The number of amides is 1. The standard InChI is InChI=1S/C21H15FN2O3/c22-17-13-7-8-14-18(17)23-21(26)27-24-19(15-9-3-1-4-10-15)20(25)16-11-5-2-6-12-16/h1-14H,(H,23,26). The molecule has 5 nitrogen and oxygen atoms in total. The van der Waals surface area contributed by atoms with Crippen molar-refractivity contribution in [1.82, 2.24) is 0 Å². The molecule has 134 valence electrons. The third-order valence-corrected chi connectivity index (χ3v) is 3.63. The van der Waals surface area contributed by atoms with Crippen LogP contribution in [0.4, 0.5) is 14.9 Å². The van der Waals surface area contributed by atoms with Crippen molar-refractivity contribution in [2.24, 2.45) is 5.16 Å². The number of Topliss-reactive ketones (excluding diaryl/α,β-unsaturated/α-hetero) is 1. The van der Waals surface area contributed by atoms with Crippen LogP contribution in [-0.2, 0) is 4.84 Å². The first-order chi connectivity index (χ1) is 13.1. The molecule has 1 N–H and O–H groups in total. The fraction of sp³-hybridized carbons (Fsp3) is 0. The molecule has 0 heterocycles. The van der Waals surface area contributed by atoms with Crippen molar-refractivity contribution in [3.05, 3.63) is 102 Å². The van der Waals surface area contributed by atoms with Gasteiger partial charge >= 0.3 is 6.09 Å². The first kappa shape index (κ1) is 18.0. The van der Waals surface area contributed by atoms with Crippen molar-refractivity contribution in [3.8, 4) is 0 Å². The number of hydrogen-bond acceptors (Lipinski definition) is 4. The maximum Gasteiger partial charge on any atom is 0.437 e. The number of para-hydroxylation sites is 1. The van der Waals surface area contributed by atoms with Crippen molar-refractivity contribution in [1.29, 1.82) is 0 Å². The van der Waals surface area contributed by atoms with Gasteiger partial charge in [0.2, 0.25) is 5.78 Å². The van der Waals surface area contributed by atoms with Gasteiger partial charge in [-0.3, -0.25) is 14.9 Å². The lowest BCUT2D eigenvalue weighted by atomic mass is 10.0. The summed E-state index contributed by atoms with van der Waals surface area (Å²) in [7, 11) is 0. The van der Waals surface area contributed by atoms with Crippen molar-refractivity contribution < 1.29 is 18.8 Å². The van der Waals surface area contributed by atoms with Crippen LogP contribution in [0.15, 0.2) is 90.1 Å². The number of hydrogen-bond donors (Lipinski definition) is 1. The number of rotatable bonds is 5. The van der Waals surface area contributed by atoms with Gasteiger partial charge in [0.25, 0.3) is 0 Å². The summed E-state index contributed by atoms with van der Waals surface area (Å²) in [5.74, 6) is -1.01. The summed E-state index contributed by atoms with van der Waals surface area (Å²) in [4.78, 5) is 29.5. The van der Waals surface area contributed by atoms with Gasteiger partial charge in [-0.2, -0.15) is 0 Å². The number of nitrogens with one attached hydrogen (secondary N) is 1. The maximum atomic E-state index is 13.6. The summed E-state index contributed by atoms with van der Waals surface area (Å²) in [6.07, 6.45) is -1.01. The van der Waals surface area contributed by atoms with E-state index in [-0.39, 0.29) is 11.4 Å². The topological polar surface area (TPSA) is 67.8 Å². The van der Waals surface area contributed by atoms with Crippen LogP contribution in [0.1, 0.15) is 15.9 Å². The second-order valence-electron chi connectivity index (χ2n) is 5.48. The number of carbonyl (C=O) groups is 2. The third-order valence-electron chi connectivity index (χ3n) is 3.63. The Labute approximate surface area is 155 Å². The first-order valence-corrected chi connectivity index (χ1v) is 8.11. The molecule has 0 aliphatic carbocycles. The average molecular weight is 362 g/mol. The number of carbonyl (C=O) groups excluding carboxylic acids is 2. The monoisotopic (exact) mass is 362 g/mol. The van der Waals surface area contributed by atoms with Gasteiger partial charge in [0, 0.05) is 11.1 Å². The second kappa shape index (κ2) is 8.53. The van der Waals surface area contributed by atoms with Crippen LogP contribution in [-0.4, -0.2) is 17.6 Å². The minimum absolute atomic E-state index is 0.0366. The van der Waals surface area contributed by atoms with Gasteiger partial charge in [0.05, 0.1) is 5.69 Å². The van der Waals surface area contributed by atoms with Crippen LogP contribution in [0.5, 0.6) is 0 Å². The molecule has 0 unspecified atom stereocenters. The maximum absolute atomic E-state index is 13.6. The smallest absolute Gasteiger partial charge is 0.297 e. The minimum Gasteiger partial charge on any atom is -0.297 e. The van der Waals surface area contributed by atoms with Gasteiger partial charge in [0.15, 0.2) is 5.71 Å². The van der Waals surface area contributed by atoms with Crippen molar-refractivity contribution in [2.45, 2.75) is 0 Å². The van der Waals surface area contributed by atoms with Crippen LogP contribution in [0.3, 0.4) is 0 Å². The van der Waals surface area contributed by atoms with Crippen LogP contribution in [0, 0.1) is 5.82 Å². The van der Waals surface area contributed by atoms with E-state index < -0.39 is 17.7 Å². The Balaban J connectivity index is 1.83. The van der Waals surface area contributed by atoms with Crippen molar-refractivity contribution in [3.63, 3.8) is 0 Å². The summed E-state index contributed by atoms with van der Waals surface area (Å²) >= 11 is 0. The van der Waals surface area contributed by atoms with Crippen molar-refractivity contribution in [2.75, 3.05) is 5.32 Å². The molecule has 0 radical (unpaired) electrons. The lowest BCUT2D eigenvalue weighted by Gasteiger charge is -2.07. The predicted octanol–water partition coefficient (Wildman–Crippen LogP) is 4.66. The van der Waals surface area contributed by atoms with E-state index in [0.29, 0.717) is 11.1 Å². The molecule has 0 saturated carbocycles. The number of nitrogens with zero attached hydrogens (tertiary/aromatic N) is 1. The molecule has 0 aliphatic rings. The van der Waals surface area contributed by atoms with E-state index in [1.807, 2.05) is 0 Å². The van der Waals surface area contributed by atoms with E-state index >= 15 is 0 Å². The summed E-state index contributed by atoms with van der Waals surface area (Å²) in [6, 6.07) is 22.8. The van der Waals surface area contributed by atoms with E-state index in [2.05, 4.69) is 10.5 Å². The molecule has 0 fully saturated rings. The van der Waals surface area contributed by atoms with E-state index in [1.54, 1.807) is 66.7 Å². The molecule has 0 saturated heterocycles. The largest absolute Gasteiger partial charge is 0.437 e. The highest BCUT2D eigenvalue weighted by Crippen LogP contribution is 2.13. The van der Waals surface area contributed by atoms with Crippen LogP contribution in [0.2, 0.25) is 0 Å². The van der Waals surface area contributed by atoms with E-state index in [1.165, 1.54) is 18.2 Å². The van der Waals surface area contributed by atoms with Gasteiger partial charge in [-0.15, -0.1) is 0 Å². The lowest BCUT2D eigenvalue weighted by Crippen LogP contribution is -2.19. The van der Waals surface area contributed by atoms with Crippen LogP contribution in [0.25, 0.3) is 0 Å². The van der Waals surface area contributed by atoms with Gasteiger partial charge in [0.1, 0.15) is 5.82 Å². The molecule has 3 aromatic rings. The van der Waals surface area contributed by atoms with Gasteiger partial charge in [-0.25, -0.2) is 9.18 Å². The number of halogens is 1. The normalized spacial score (nSPS) is 10.9. The van der Waals surface area contributed by atoms with Crippen molar-refractivity contribution >= 4 is 23.3 Å². The van der Waals surface area contributed by atoms with E-state index in [9.17, 15) is 14.0 Å². The molecule has 1 amide bonds. The molecule has 3 rings (SSSR count). The summed E-state index contributed by atoms with van der Waals surface area (Å²) in [6.45, 7) is 0. The first-order valence-electron chi connectivity index (χ1n) is 8.11. The zero-order valence-electron chi connectivity index (χ0n) is 14.1. The number of ketones is 1. The Kier molecular flexibility index (Phi) is 5.69. The quantitative estimate of drug-likeness (QED) is 0.311. The van der Waals surface area contributed by atoms with E-state index in [4.69, 9.17) is 4.84 Å². The van der Waals surface area contributed by atoms with Crippen LogP contribution >= 0.6 is 0 Å². The Bertz CT molecular complexity index is 973. The van der Waals surface area contributed by atoms with E-state index in [0.717, 1.165) is 0 Å². The number of anilines is 1. The average Bonchev–Trinajstić information content (AvgIpc) is 2.71. The highest BCUT2D eigenvalue weighted by Gasteiger charge is 2.18. The molecule has 0 atom stereocenters. The molecular formula is C21H15FN2O3. The highest BCUT2D eigenvalue weighted by molar-refractivity contribution is 6.51. The Morgan fingerprint density at radius 2 is 1.33 bits per heavy atom. The molecule has 3 aromatic carbocycles. The molecule has 27 heavy (non-hydrogen) atoms. The second-order valence-corrected chi connectivity index (χ2v) is 5.48. The number of oxime groups is 1. The minimum atomic E-state index is -1.01. The lowest BCUT2D eigenvalue weighted by molar-refractivity contribution is 0.106. The molecule has 0 bridgehead atoms. The van der Waals surface area contributed by atoms with Gasteiger partial charge in [-0.05, 0) is 12.1 Å². The summed E-state index contributed by atoms with van der Waals surface area (Å²) in [5.41, 5.74) is 0.807.